The highest BCUT2D eigenvalue weighted by Gasteiger charge is 2.40. The van der Waals surface area contributed by atoms with Gasteiger partial charge in [0, 0.05) is 23.9 Å². The Morgan fingerprint density at radius 2 is 1.53 bits per heavy atom. The molecule has 2 amide bonds. The second-order valence-electron chi connectivity index (χ2n) is 7.09. The molecule has 0 bridgehead atoms. The third-order valence-corrected chi connectivity index (χ3v) is 4.93. The Bertz CT molecular complexity index is 1290. The molecule has 9 heteroatoms. The summed E-state index contributed by atoms with van der Waals surface area (Å²) in [5.74, 6) is -3.87. The summed E-state index contributed by atoms with van der Waals surface area (Å²) in [5, 5.41) is 13.9. The van der Waals surface area contributed by atoms with Gasteiger partial charge in [-0.25, -0.2) is 13.7 Å². The zero-order valence-corrected chi connectivity index (χ0v) is 16.6. The van der Waals surface area contributed by atoms with Gasteiger partial charge >= 0.3 is 0 Å². The molecule has 0 saturated heterocycles. The Morgan fingerprint density at radius 1 is 0.875 bits per heavy atom. The first-order valence-corrected chi connectivity index (χ1v) is 9.43. The summed E-state index contributed by atoms with van der Waals surface area (Å²) in [6, 6.07) is 14.9. The highest BCUT2D eigenvalue weighted by atomic mass is 19.2. The van der Waals surface area contributed by atoms with Crippen LogP contribution in [0.1, 0.15) is 11.1 Å². The van der Waals surface area contributed by atoms with Gasteiger partial charge in [0.25, 0.3) is 17.5 Å². The number of carbonyl (C=O) groups is 2. The molecular weight excluding hydrogens is 420 g/mol. The first-order chi connectivity index (χ1) is 15.3. The van der Waals surface area contributed by atoms with Gasteiger partial charge in [0.1, 0.15) is 5.70 Å². The molecule has 32 heavy (non-hydrogen) atoms. The molecule has 0 aromatic heterocycles. The number of nitrogens with zero attached hydrogens (tertiary/aromatic N) is 2. The Morgan fingerprint density at radius 3 is 2.12 bits per heavy atom. The third kappa shape index (κ3) is 3.71. The zero-order chi connectivity index (χ0) is 23.0. The predicted octanol–water partition coefficient (Wildman–Crippen LogP) is 4.58. The quantitative estimate of drug-likeness (QED) is 0.360. The molecule has 160 valence electrons. The van der Waals surface area contributed by atoms with Gasteiger partial charge in [0.15, 0.2) is 11.6 Å². The highest BCUT2D eigenvalue weighted by molar-refractivity contribution is 6.46. The van der Waals surface area contributed by atoms with E-state index in [1.807, 2.05) is 19.1 Å². The lowest BCUT2D eigenvalue weighted by Crippen LogP contribution is -2.32. The van der Waals surface area contributed by atoms with Crippen LogP contribution in [0.5, 0.6) is 0 Å². The van der Waals surface area contributed by atoms with Crippen molar-refractivity contribution < 1.29 is 23.3 Å². The molecule has 3 aromatic rings. The van der Waals surface area contributed by atoms with E-state index in [9.17, 15) is 28.5 Å². The number of imide groups is 1. The van der Waals surface area contributed by atoms with Gasteiger partial charge in [0.2, 0.25) is 0 Å². The topological polar surface area (TPSA) is 92.6 Å². The van der Waals surface area contributed by atoms with Crippen molar-refractivity contribution in [1.29, 1.82) is 0 Å². The fourth-order valence-corrected chi connectivity index (χ4v) is 3.30. The number of benzene rings is 3. The summed E-state index contributed by atoms with van der Waals surface area (Å²) in [5.41, 5.74) is 1.31. The molecule has 1 N–H and O–H groups in total. The normalized spacial score (nSPS) is 13.7. The number of hydrogen-bond donors (Lipinski definition) is 1. The van der Waals surface area contributed by atoms with Crippen molar-refractivity contribution in [2.45, 2.75) is 6.92 Å². The molecule has 3 aromatic carbocycles. The first kappa shape index (κ1) is 20.9. The maximum absolute atomic E-state index is 13.8. The lowest BCUT2D eigenvalue weighted by molar-refractivity contribution is -0.384. The lowest BCUT2D eigenvalue weighted by atomic mass is 10.0. The molecular formula is C23H15F2N3O4. The van der Waals surface area contributed by atoms with E-state index < -0.39 is 28.4 Å². The van der Waals surface area contributed by atoms with Crippen LogP contribution < -0.4 is 10.2 Å². The number of anilines is 2. The molecule has 0 spiro atoms. The molecule has 0 atom stereocenters. The van der Waals surface area contributed by atoms with Crippen LogP contribution in [0.4, 0.5) is 25.8 Å². The van der Waals surface area contributed by atoms with Crippen LogP contribution >= 0.6 is 0 Å². The number of aryl methyl sites for hydroxylation is 1. The number of non-ortho nitro benzene ring substituents is 1. The Labute approximate surface area is 180 Å². The summed E-state index contributed by atoms with van der Waals surface area (Å²) in [6.45, 7) is 1.89. The maximum atomic E-state index is 13.8. The SMILES string of the molecule is Cc1ccc(NC2=C(c3ccc([N+](=O)[O-])cc3)C(=O)N(c3ccc(F)c(F)c3)C2=O)cc1. The van der Waals surface area contributed by atoms with E-state index in [1.54, 1.807) is 12.1 Å². The van der Waals surface area contributed by atoms with Crippen molar-refractivity contribution in [2.75, 3.05) is 10.2 Å². The van der Waals surface area contributed by atoms with Crippen molar-refractivity contribution in [2.24, 2.45) is 0 Å². The average molecular weight is 435 g/mol. The van der Waals surface area contributed by atoms with Crippen LogP contribution in [0.3, 0.4) is 0 Å². The molecule has 0 unspecified atom stereocenters. The summed E-state index contributed by atoms with van der Waals surface area (Å²) in [4.78, 5) is 37.6. The van der Waals surface area contributed by atoms with Crippen molar-refractivity contribution in [3.63, 3.8) is 0 Å². The third-order valence-electron chi connectivity index (χ3n) is 4.93. The van der Waals surface area contributed by atoms with Crippen LogP contribution in [-0.4, -0.2) is 16.7 Å². The Hall–Kier alpha value is -4.40. The van der Waals surface area contributed by atoms with E-state index in [0.717, 1.165) is 28.7 Å². The number of nitro benzene ring substituents is 1. The molecule has 7 nitrogen and oxygen atoms in total. The minimum atomic E-state index is -1.21. The van der Waals surface area contributed by atoms with Crippen molar-refractivity contribution in [3.05, 3.63) is 105 Å². The van der Waals surface area contributed by atoms with E-state index in [0.29, 0.717) is 5.69 Å². The molecule has 0 aliphatic carbocycles. The fraction of sp³-hybridized carbons (Fsp3) is 0.0435. The summed E-state index contributed by atoms with van der Waals surface area (Å²) in [6.07, 6.45) is 0. The number of hydrogen-bond acceptors (Lipinski definition) is 5. The second-order valence-corrected chi connectivity index (χ2v) is 7.09. The molecule has 1 aliphatic heterocycles. The molecule has 0 fully saturated rings. The molecule has 1 heterocycles. The number of rotatable bonds is 5. The number of halogens is 2. The minimum Gasteiger partial charge on any atom is -0.350 e. The maximum Gasteiger partial charge on any atom is 0.282 e. The van der Waals surface area contributed by atoms with Crippen molar-refractivity contribution >= 4 is 34.4 Å². The van der Waals surface area contributed by atoms with Gasteiger partial charge in [-0.3, -0.25) is 19.7 Å². The van der Waals surface area contributed by atoms with E-state index in [-0.39, 0.29) is 28.2 Å². The van der Waals surface area contributed by atoms with Crippen molar-refractivity contribution in [3.8, 4) is 0 Å². The van der Waals surface area contributed by atoms with Crippen LogP contribution in [0.15, 0.2) is 72.4 Å². The highest BCUT2D eigenvalue weighted by Crippen LogP contribution is 2.34. The van der Waals surface area contributed by atoms with Crippen LogP contribution in [0.25, 0.3) is 5.57 Å². The van der Waals surface area contributed by atoms with Crippen LogP contribution in [0, 0.1) is 28.7 Å². The Kier molecular flexibility index (Phi) is 5.23. The number of amides is 2. The van der Waals surface area contributed by atoms with E-state index in [4.69, 9.17) is 0 Å². The lowest BCUT2D eigenvalue weighted by Gasteiger charge is -2.15. The van der Waals surface area contributed by atoms with E-state index >= 15 is 0 Å². The largest absolute Gasteiger partial charge is 0.350 e. The Balaban J connectivity index is 1.82. The van der Waals surface area contributed by atoms with E-state index in [1.165, 1.54) is 24.3 Å². The number of carbonyl (C=O) groups excluding carboxylic acids is 2. The van der Waals surface area contributed by atoms with Gasteiger partial charge in [-0.2, -0.15) is 0 Å². The van der Waals surface area contributed by atoms with Gasteiger partial charge in [-0.15, -0.1) is 0 Å². The minimum absolute atomic E-state index is 0.0461. The van der Waals surface area contributed by atoms with Gasteiger partial charge < -0.3 is 5.32 Å². The monoisotopic (exact) mass is 435 g/mol. The molecule has 4 rings (SSSR count). The smallest absolute Gasteiger partial charge is 0.282 e. The first-order valence-electron chi connectivity index (χ1n) is 9.43. The average Bonchev–Trinajstić information content (AvgIpc) is 3.01. The summed E-state index contributed by atoms with van der Waals surface area (Å²) in [7, 11) is 0. The van der Waals surface area contributed by atoms with Crippen LogP contribution in [0.2, 0.25) is 0 Å². The predicted molar refractivity (Wildman–Crippen MR) is 114 cm³/mol. The van der Waals surface area contributed by atoms with Gasteiger partial charge in [-0.1, -0.05) is 17.7 Å². The molecule has 0 saturated carbocycles. The summed E-state index contributed by atoms with van der Waals surface area (Å²) < 4.78 is 27.2. The second kappa shape index (κ2) is 8.03. The number of nitrogens with one attached hydrogen (secondary N) is 1. The van der Waals surface area contributed by atoms with Gasteiger partial charge in [-0.05, 0) is 48.9 Å². The molecule has 1 aliphatic rings. The standard InChI is InChI=1S/C23H15F2N3O4/c1-13-2-6-15(7-3-13)26-21-20(14-4-8-16(9-5-14)28(31)32)22(29)27(23(21)30)17-10-11-18(24)19(25)12-17/h2-12,26H,1H3. The van der Waals surface area contributed by atoms with Gasteiger partial charge in [0.05, 0.1) is 16.2 Å². The van der Waals surface area contributed by atoms with Crippen molar-refractivity contribution in [1.82, 2.24) is 0 Å². The summed E-state index contributed by atoms with van der Waals surface area (Å²) >= 11 is 0. The number of nitro groups is 1. The fourth-order valence-electron chi connectivity index (χ4n) is 3.30. The van der Waals surface area contributed by atoms with E-state index in [2.05, 4.69) is 5.32 Å². The van der Waals surface area contributed by atoms with Crippen LogP contribution in [-0.2, 0) is 9.59 Å². The molecule has 0 radical (unpaired) electrons. The zero-order valence-electron chi connectivity index (χ0n) is 16.6.